The van der Waals surface area contributed by atoms with Crippen molar-refractivity contribution in [1.82, 2.24) is 0 Å². The Hall–Kier alpha value is -3.54. The van der Waals surface area contributed by atoms with Crippen molar-refractivity contribution in [3.05, 3.63) is 78.3 Å². The second-order valence-electron chi connectivity index (χ2n) is 5.19. The minimum Gasteiger partial charge on any atom is -0.497 e. The third-order valence-corrected chi connectivity index (χ3v) is 3.48. The van der Waals surface area contributed by atoms with Crippen LogP contribution in [0.25, 0.3) is 0 Å². The van der Waals surface area contributed by atoms with Gasteiger partial charge in [0, 0.05) is 23.0 Å². The van der Waals surface area contributed by atoms with E-state index in [1.54, 1.807) is 67.8 Å². The molecule has 1 heterocycles. The topological polar surface area (TPSA) is 80.6 Å². The summed E-state index contributed by atoms with van der Waals surface area (Å²) >= 11 is 0. The van der Waals surface area contributed by atoms with E-state index in [1.165, 1.54) is 6.26 Å². The van der Waals surface area contributed by atoms with E-state index in [9.17, 15) is 9.59 Å². The SMILES string of the molecule is COc1cccc(NC(=O)c2ccc(NC(=O)c3ccco3)cc2)c1. The molecule has 126 valence electrons. The zero-order valence-corrected chi connectivity index (χ0v) is 13.5. The molecule has 0 atom stereocenters. The van der Waals surface area contributed by atoms with Crippen LogP contribution in [0.1, 0.15) is 20.9 Å². The molecule has 0 aliphatic rings. The van der Waals surface area contributed by atoms with E-state index >= 15 is 0 Å². The van der Waals surface area contributed by atoms with Crippen molar-refractivity contribution >= 4 is 23.2 Å². The second-order valence-corrected chi connectivity index (χ2v) is 5.19. The van der Waals surface area contributed by atoms with Gasteiger partial charge in [0.1, 0.15) is 5.75 Å². The Kier molecular flexibility index (Phi) is 4.80. The number of nitrogens with one attached hydrogen (secondary N) is 2. The van der Waals surface area contributed by atoms with E-state index in [2.05, 4.69) is 10.6 Å². The van der Waals surface area contributed by atoms with Gasteiger partial charge in [-0.3, -0.25) is 9.59 Å². The molecule has 0 saturated heterocycles. The molecule has 3 aromatic rings. The molecule has 2 aromatic carbocycles. The van der Waals surface area contributed by atoms with Gasteiger partial charge in [-0.25, -0.2) is 0 Å². The summed E-state index contributed by atoms with van der Waals surface area (Å²) in [4.78, 5) is 24.2. The van der Waals surface area contributed by atoms with Gasteiger partial charge in [-0.15, -0.1) is 0 Å². The van der Waals surface area contributed by atoms with E-state index in [1.807, 2.05) is 0 Å². The molecule has 0 radical (unpaired) electrons. The maximum absolute atomic E-state index is 12.3. The number of furan rings is 1. The van der Waals surface area contributed by atoms with Gasteiger partial charge in [0.15, 0.2) is 5.76 Å². The van der Waals surface area contributed by atoms with E-state index in [0.717, 1.165) is 0 Å². The Morgan fingerprint density at radius 3 is 2.32 bits per heavy atom. The summed E-state index contributed by atoms with van der Waals surface area (Å²) in [5.41, 5.74) is 1.68. The fourth-order valence-corrected chi connectivity index (χ4v) is 2.21. The highest BCUT2D eigenvalue weighted by atomic mass is 16.5. The molecule has 2 N–H and O–H groups in total. The molecule has 6 nitrogen and oxygen atoms in total. The molecule has 2 amide bonds. The second kappa shape index (κ2) is 7.35. The van der Waals surface area contributed by atoms with Gasteiger partial charge in [-0.2, -0.15) is 0 Å². The fraction of sp³-hybridized carbons (Fsp3) is 0.0526. The Balaban J connectivity index is 1.65. The molecule has 0 aliphatic carbocycles. The first-order chi connectivity index (χ1) is 12.2. The lowest BCUT2D eigenvalue weighted by atomic mass is 10.2. The summed E-state index contributed by atoms with van der Waals surface area (Å²) in [6.07, 6.45) is 1.43. The first kappa shape index (κ1) is 16.3. The highest BCUT2D eigenvalue weighted by Crippen LogP contribution is 2.18. The molecule has 25 heavy (non-hydrogen) atoms. The average Bonchev–Trinajstić information content (AvgIpc) is 3.17. The van der Waals surface area contributed by atoms with Gasteiger partial charge in [0.05, 0.1) is 13.4 Å². The average molecular weight is 336 g/mol. The molecule has 0 saturated carbocycles. The van der Waals surface area contributed by atoms with Gasteiger partial charge in [0.2, 0.25) is 0 Å². The van der Waals surface area contributed by atoms with Crippen LogP contribution in [0.2, 0.25) is 0 Å². The van der Waals surface area contributed by atoms with Gasteiger partial charge in [0.25, 0.3) is 11.8 Å². The number of amides is 2. The van der Waals surface area contributed by atoms with Crippen molar-refractivity contribution in [2.75, 3.05) is 17.7 Å². The molecule has 0 spiro atoms. The lowest BCUT2D eigenvalue weighted by molar-refractivity contribution is 0.0995. The summed E-state index contributed by atoms with van der Waals surface area (Å²) in [5.74, 6) is 0.282. The maximum atomic E-state index is 12.3. The van der Waals surface area contributed by atoms with Gasteiger partial charge < -0.3 is 19.8 Å². The van der Waals surface area contributed by atoms with E-state index < -0.39 is 0 Å². The minimum absolute atomic E-state index is 0.222. The Morgan fingerprint density at radius 2 is 1.64 bits per heavy atom. The fourth-order valence-electron chi connectivity index (χ4n) is 2.21. The van der Waals surface area contributed by atoms with Crippen molar-refractivity contribution in [2.45, 2.75) is 0 Å². The molecule has 0 fully saturated rings. The number of ether oxygens (including phenoxy) is 1. The highest BCUT2D eigenvalue weighted by Gasteiger charge is 2.10. The van der Waals surface area contributed by atoms with Crippen molar-refractivity contribution in [1.29, 1.82) is 0 Å². The van der Waals surface area contributed by atoms with Crippen LogP contribution in [0.4, 0.5) is 11.4 Å². The molecule has 3 rings (SSSR count). The lowest BCUT2D eigenvalue weighted by Gasteiger charge is -2.08. The molecular weight excluding hydrogens is 320 g/mol. The van der Waals surface area contributed by atoms with Crippen LogP contribution in [0.3, 0.4) is 0 Å². The summed E-state index contributed by atoms with van der Waals surface area (Å²) < 4.78 is 10.2. The zero-order chi connectivity index (χ0) is 17.6. The van der Waals surface area contributed by atoms with Crippen LogP contribution in [-0.4, -0.2) is 18.9 Å². The summed E-state index contributed by atoms with van der Waals surface area (Å²) in [7, 11) is 1.57. The van der Waals surface area contributed by atoms with Crippen LogP contribution < -0.4 is 15.4 Å². The Morgan fingerprint density at radius 1 is 0.880 bits per heavy atom. The van der Waals surface area contributed by atoms with Crippen LogP contribution in [0, 0.1) is 0 Å². The number of rotatable bonds is 5. The first-order valence-corrected chi connectivity index (χ1v) is 7.56. The summed E-state index contributed by atoms with van der Waals surface area (Å²) in [5, 5.41) is 5.49. The van der Waals surface area contributed by atoms with Gasteiger partial charge in [-0.05, 0) is 48.5 Å². The summed E-state index contributed by atoms with van der Waals surface area (Å²) in [6.45, 7) is 0. The highest BCUT2D eigenvalue weighted by molar-refractivity contribution is 6.05. The monoisotopic (exact) mass is 336 g/mol. The predicted octanol–water partition coefficient (Wildman–Crippen LogP) is 3.79. The maximum Gasteiger partial charge on any atom is 0.291 e. The Labute approximate surface area is 144 Å². The number of hydrogen-bond acceptors (Lipinski definition) is 4. The molecule has 6 heteroatoms. The lowest BCUT2D eigenvalue weighted by Crippen LogP contribution is -2.13. The molecule has 1 aromatic heterocycles. The van der Waals surface area contributed by atoms with E-state index in [0.29, 0.717) is 22.7 Å². The molecular formula is C19H16N2O4. The van der Waals surface area contributed by atoms with Crippen LogP contribution in [0.15, 0.2) is 71.3 Å². The molecule has 0 unspecified atom stereocenters. The standard InChI is InChI=1S/C19H16N2O4/c1-24-16-5-2-4-15(12-16)21-18(22)13-7-9-14(10-8-13)20-19(23)17-6-3-11-25-17/h2-12H,1H3,(H,20,23)(H,21,22). The largest absolute Gasteiger partial charge is 0.497 e. The zero-order valence-electron chi connectivity index (χ0n) is 13.5. The Bertz CT molecular complexity index is 871. The number of anilines is 2. The van der Waals surface area contributed by atoms with Gasteiger partial charge >= 0.3 is 0 Å². The van der Waals surface area contributed by atoms with Crippen molar-refractivity contribution in [3.63, 3.8) is 0 Å². The van der Waals surface area contributed by atoms with E-state index in [-0.39, 0.29) is 17.6 Å². The van der Waals surface area contributed by atoms with Crippen LogP contribution in [-0.2, 0) is 0 Å². The number of benzene rings is 2. The smallest absolute Gasteiger partial charge is 0.291 e. The van der Waals surface area contributed by atoms with Crippen molar-refractivity contribution in [3.8, 4) is 5.75 Å². The number of hydrogen-bond donors (Lipinski definition) is 2. The number of carbonyl (C=O) groups excluding carboxylic acids is 2. The third kappa shape index (κ3) is 4.06. The third-order valence-electron chi connectivity index (χ3n) is 3.48. The van der Waals surface area contributed by atoms with Crippen LogP contribution in [0.5, 0.6) is 5.75 Å². The van der Waals surface area contributed by atoms with Gasteiger partial charge in [-0.1, -0.05) is 6.07 Å². The first-order valence-electron chi connectivity index (χ1n) is 7.56. The van der Waals surface area contributed by atoms with Crippen LogP contribution >= 0.6 is 0 Å². The van der Waals surface area contributed by atoms with Crippen molar-refractivity contribution < 1.29 is 18.7 Å². The number of methoxy groups -OCH3 is 1. The molecule has 0 bridgehead atoms. The molecule has 0 aliphatic heterocycles. The minimum atomic E-state index is -0.349. The van der Waals surface area contributed by atoms with E-state index in [4.69, 9.17) is 9.15 Å². The predicted molar refractivity (Wildman–Crippen MR) is 94.1 cm³/mol. The quantitative estimate of drug-likeness (QED) is 0.743. The summed E-state index contributed by atoms with van der Waals surface area (Å²) in [6, 6.07) is 16.9. The normalized spacial score (nSPS) is 10.1. The van der Waals surface area contributed by atoms with Crippen molar-refractivity contribution in [2.24, 2.45) is 0 Å². The number of carbonyl (C=O) groups is 2.